The molecule has 6 heteroatoms. The molecule has 0 saturated carbocycles. The Labute approximate surface area is 276 Å². The topological polar surface area (TPSA) is 51.8 Å². The van der Waals surface area contributed by atoms with Gasteiger partial charge in [0.05, 0.1) is 15.3 Å². The summed E-state index contributed by atoms with van der Waals surface area (Å²) in [6, 6.07) is 29.6. The first-order valence-corrected chi connectivity index (χ1v) is 14.6. The molecule has 0 aliphatic carbocycles. The summed E-state index contributed by atoms with van der Waals surface area (Å²) in [4.78, 5) is 13.6. The number of benzene rings is 3. The SMILES string of the molecule is [2H]C([2H])([2H])c1cnc(-c2[c-]ccc3c2oc2c3ccc3sc(C(C)(C)C)nc32)cc1C([2H])(C)C.[Ir].[c-]1ccccc1-c1ccccn1. The Morgan fingerprint density at radius 2 is 1.72 bits per heavy atom. The standard InChI is InChI=1S/C26H25N2OS.C11H8N.Ir/c1-14(2)19-12-20(27-13-15(19)3)18-9-7-8-16-17-10-11-21-22(24(17)29-23(16)18)28-25(30-21)26(4,5)6;1-2-6-10(7-3-1)11-8-4-5-9-12-11;/h7-8,10-14H,1-6H3;1-6,8-9H;/q2*-1;/i3D3,14D;;. The van der Waals surface area contributed by atoms with Crippen LogP contribution in [0.1, 0.15) is 62.1 Å². The van der Waals surface area contributed by atoms with Gasteiger partial charge in [-0.05, 0) is 47.4 Å². The molecule has 4 aromatic heterocycles. The Morgan fingerprint density at radius 1 is 0.907 bits per heavy atom. The van der Waals surface area contributed by atoms with Gasteiger partial charge in [-0.1, -0.05) is 69.8 Å². The van der Waals surface area contributed by atoms with Gasteiger partial charge in [0.25, 0.3) is 0 Å². The predicted molar refractivity (Wildman–Crippen MR) is 175 cm³/mol. The fourth-order valence-corrected chi connectivity index (χ4v) is 5.80. The number of hydrogen-bond donors (Lipinski definition) is 0. The monoisotopic (exact) mass is 764 g/mol. The van der Waals surface area contributed by atoms with Gasteiger partial charge in [0.15, 0.2) is 0 Å². The van der Waals surface area contributed by atoms with Crippen molar-refractivity contribution in [3.8, 4) is 22.5 Å². The largest absolute Gasteiger partial charge is 0.498 e. The minimum atomic E-state index is -2.35. The Bertz CT molecular complexity index is 2130. The summed E-state index contributed by atoms with van der Waals surface area (Å²) in [5.74, 6) is -1.11. The van der Waals surface area contributed by atoms with Crippen molar-refractivity contribution in [2.24, 2.45) is 0 Å². The van der Waals surface area contributed by atoms with E-state index >= 15 is 0 Å². The zero-order valence-electron chi connectivity index (χ0n) is 28.6. The number of aryl methyl sites for hydroxylation is 1. The van der Waals surface area contributed by atoms with E-state index in [2.05, 4.69) is 55.0 Å². The molecule has 0 unspecified atom stereocenters. The Balaban J connectivity index is 0.000000280. The number of fused-ring (bicyclic) bond motifs is 5. The van der Waals surface area contributed by atoms with Gasteiger partial charge in [0.2, 0.25) is 0 Å². The van der Waals surface area contributed by atoms with Crippen LogP contribution < -0.4 is 0 Å². The first-order chi connectivity index (χ1) is 21.7. The molecule has 0 bridgehead atoms. The summed E-state index contributed by atoms with van der Waals surface area (Å²) in [6.45, 7) is 7.45. The average molecular weight is 764 g/mol. The van der Waals surface area contributed by atoms with E-state index in [1.54, 1.807) is 37.4 Å². The summed E-state index contributed by atoms with van der Waals surface area (Å²) in [7, 11) is 0. The second kappa shape index (κ2) is 12.5. The van der Waals surface area contributed by atoms with E-state index in [-0.39, 0.29) is 31.1 Å². The molecule has 0 fully saturated rings. The van der Waals surface area contributed by atoms with Crippen LogP contribution >= 0.6 is 11.3 Å². The Kier molecular flexibility index (Phi) is 7.49. The van der Waals surface area contributed by atoms with Crippen molar-refractivity contribution in [3.63, 3.8) is 0 Å². The molecule has 43 heavy (non-hydrogen) atoms. The van der Waals surface area contributed by atoms with Crippen LogP contribution in [0.2, 0.25) is 0 Å². The van der Waals surface area contributed by atoms with Gasteiger partial charge in [-0.25, -0.2) is 4.98 Å². The second-order valence-corrected chi connectivity index (χ2v) is 12.4. The molecule has 4 nitrogen and oxygen atoms in total. The van der Waals surface area contributed by atoms with E-state index in [1.165, 1.54) is 6.20 Å². The van der Waals surface area contributed by atoms with Gasteiger partial charge in [-0.15, -0.1) is 65.4 Å². The number of furan rings is 1. The minimum absolute atomic E-state index is 0. The summed E-state index contributed by atoms with van der Waals surface area (Å²) in [5.41, 5.74) is 5.80. The smallest absolute Gasteiger partial charge is 0.148 e. The zero-order chi connectivity index (χ0) is 32.9. The Morgan fingerprint density at radius 3 is 2.42 bits per heavy atom. The maximum Gasteiger partial charge on any atom is 0.148 e. The third-order valence-corrected chi connectivity index (χ3v) is 8.39. The number of pyridine rings is 2. The van der Waals surface area contributed by atoms with Crippen molar-refractivity contribution >= 4 is 43.5 Å². The first kappa shape index (κ1) is 25.8. The Hall–Kier alpha value is -3.70. The van der Waals surface area contributed by atoms with Crippen LogP contribution in [0.3, 0.4) is 0 Å². The van der Waals surface area contributed by atoms with E-state index in [9.17, 15) is 0 Å². The van der Waals surface area contributed by atoms with E-state index in [0.717, 1.165) is 42.8 Å². The third kappa shape index (κ3) is 6.19. The molecule has 7 aromatic rings. The van der Waals surface area contributed by atoms with Crippen LogP contribution in [0.4, 0.5) is 0 Å². The molecule has 0 atom stereocenters. The van der Waals surface area contributed by atoms with Crippen LogP contribution in [-0.2, 0) is 25.5 Å². The van der Waals surface area contributed by atoms with Gasteiger partial charge in [0.1, 0.15) is 11.1 Å². The van der Waals surface area contributed by atoms with Gasteiger partial charge in [0, 0.05) is 48.8 Å². The van der Waals surface area contributed by atoms with E-state index in [4.69, 9.17) is 14.9 Å². The van der Waals surface area contributed by atoms with Gasteiger partial charge in [-0.2, -0.15) is 0 Å². The van der Waals surface area contributed by atoms with Crippen molar-refractivity contribution in [2.75, 3.05) is 0 Å². The normalized spacial score (nSPS) is 13.4. The maximum atomic E-state index is 8.53. The number of nitrogens with zero attached hydrogens (tertiary/aromatic N) is 3. The molecule has 4 heterocycles. The minimum Gasteiger partial charge on any atom is -0.498 e. The van der Waals surface area contributed by atoms with Crippen LogP contribution in [0, 0.1) is 19.0 Å². The quantitative estimate of drug-likeness (QED) is 0.168. The van der Waals surface area contributed by atoms with Crippen molar-refractivity contribution in [1.82, 2.24) is 15.0 Å². The fraction of sp³-hybridized carbons (Fsp3) is 0.216. The van der Waals surface area contributed by atoms with Crippen molar-refractivity contribution in [2.45, 2.75) is 52.8 Å². The van der Waals surface area contributed by atoms with Crippen LogP contribution in [0.25, 0.3) is 54.7 Å². The molecule has 0 aliphatic rings. The van der Waals surface area contributed by atoms with Crippen LogP contribution in [0.5, 0.6) is 0 Å². The molecule has 0 N–H and O–H groups in total. The van der Waals surface area contributed by atoms with E-state index in [1.807, 2.05) is 54.6 Å². The molecule has 0 spiro atoms. The molecule has 219 valence electrons. The molecule has 0 amide bonds. The zero-order valence-corrected chi connectivity index (χ0v) is 27.8. The average Bonchev–Trinajstić information content (AvgIpc) is 3.63. The maximum absolute atomic E-state index is 8.53. The van der Waals surface area contributed by atoms with Crippen LogP contribution in [0.15, 0.2) is 89.6 Å². The molecular formula is C37H33IrN3OS-2. The summed E-state index contributed by atoms with van der Waals surface area (Å²) >= 11 is 1.67. The van der Waals surface area contributed by atoms with E-state index < -0.39 is 12.7 Å². The van der Waals surface area contributed by atoms with Crippen molar-refractivity contribution in [1.29, 1.82) is 0 Å². The number of hydrogen-bond acceptors (Lipinski definition) is 5. The molecule has 0 aliphatic heterocycles. The van der Waals surface area contributed by atoms with Crippen molar-refractivity contribution in [3.05, 3.63) is 113 Å². The summed E-state index contributed by atoms with van der Waals surface area (Å²) < 4.78 is 39.6. The molecule has 0 saturated heterocycles. The second-order valence-electron chi connectivity index (χ2n) is 11.4. The van der Waals surface area contributed by atoms with Gasteiger partial charge < -0.3 is 14.4 Å². The first-order valence-electron chi connectivity index (χ1n) is 15.8. The molecular weight excluding hydrogens is 727 g/mol. The van der Waals surface area contributed by atoms with E-state index in [0.29, 0.717) is 22.4 Å². The van der Waals surface area contributed by atoms with Gasteiger partial charge >= 0.3 is 0 Å². The predicted octanol–water partition coefficient (Wildman–Crippen LogP) is 10.3. The number of thiazole rings is 1. The molecule has 3 aromatic carbocycles. The molecule has 1 radical (unpaired) electrons. The summed E-state index contributed by atoms with van der Waals surface area (Å²) in [5, 5.41) is 2.93. The summed E-state index contributed by atoms with van der Waals surface area (Å²) in [6.07, 6.45) is 3.15. The van der Waals surface area contributed by atoms with Crippen LogP contribution in [-0.4, -0.2) is 15.0 Å². The fourth-order valence-electron chi connectivity index (χ4n) is 4.78. The number of aromatic nitrogens is 3. The van der Waals surface area contributed by atoms with Crippen molar-refractivity contribution < 1.29 is 30.0 Å². The third-order valence-electron chi connectivity index (χ3n) is 6.95. The van der Waals surface area contributed by atoms with Gasteiger partial charge in [-0.3, -0.25) is 0 Å². The number of rotatable bonds is 3. The molecule has 7 rings (SSSR count).